The van der Waals surface area contributed by atoms with E-state index in [0.29, 0.717) is 10.5 Å². The number of halogens is 3. The van der Waals surface area contributed by atoms with Gasteiger partial charge in [0.05, 0.1) is 5.69 Å². The average molecular weight is 301 g/mol. The molecule has 16 heavy (non-hydrogen) atoms. The second-order valence-corrected chi connectivity index (χ2v) is 4.20. The minimum atomic E-state index is -0.280. The van der Waals surface area contributed by atoms with E-state index < -0.39 is 0 Å². The number of aromatic nitrogens is 1. The summed E-state index contributed by atoms with van der Waals surface area (Å²) in [4.78, 5) is 4.19. The Balaban J connectivity index is 2.48. The van der Waals surface area contributed by atoms with Crippen molar-refractivity contribution in [2.45, 2.75) is 5.33 Å². The van der Waals surface area contributed by atoms with Gasteiger partial charge >= 0.3 is 0 Å². The Labute approximate surface area is 106 Å². The van der Waals surface area contributed by atoms with Crippen LogP contribution in [0.5, 0.6) is 0 Å². The lowest BCUT2D eigenvalue weighted by atomic mass is 10.1. The molecule has 82 valence electrons. The first-order valence-corrected chi connectivity index (χ1v) is 6.18. The lowest BCUT2D eigenvalue weighted by molar-refractivity contribution is 0.628. The highest BCUT2D eigenvalue weighted by Crippen LogP contribution is 2.27. The Morgan fingerprint density at radius 3 is 2.69 bits per heavy atom. The predicted octanol–water partition coefficient (Wildman–Crippen LogP) is 4.44. The zero-order chi connectivity index (χ0) is 11.5. The molecule has 0 unspecified atom stereocenters. The molecule has 0 radical (unpaired) electrons. The maximum atomic E-state index is 13.1. The monoisotopic (exact) mass is 299 g/mol. The SMILES string of the molecule is Fc1cccc(-c2ccc(CBr)nc2Cl)c1. The zero-order valence-corrected chi connectivity index (χ0v) is 10.6. The number of rotatable bonds is 2. The number of nitrogens with zero attached hydrogens (tertiary/aromatic N) is 1. The molecule has 0 amide bonds. The Hall–Kier alpha value is -0.930. The molecular weight excluding hydrogens is 292 g/mol. The summed E-state index contributed by atoms with van der Waals surface area (Å²) in [5, 5.41) is 1.04. The molecule has 0 saturated carbocycles. The van der Waals surface area contributed by atoms with Gasteiger partial charge in [0.25, 0.3) is 0 Å². The molecular formula is C12H8BrClFN. The lowest BCUT2D eigenvalue weighted by Crippen LogP contribution is -1.89. The van der Waals surface area contributed by atoms with Gasteiger partial charge in [-0.3, -0.25) is 0 Å². The van der Waals surface area contributed by atoms with Crippen LogP contribution in [0, 0.1) is 5.82 Å². The van der Waals surface area contributed by atoms with Crippen molar-refractivity contribution in [3.05, 3.63) is 53.1 Å². The Bertz CT molecular complexity index is 516. The fraction of sp³-hybridized carbons (Fsp3) is 0.0833. The number of alkyl halides is 1. The van der Waals surface area contributed by atoms with E-state index in [0.717, 1.165) is 16.8 Å². The Morgan fingerprint density at radius 1 is 1.25 bits per heavy atom. The van der Waals surface area contributed by atoms with Gasteiger partial charge in [-0.2, -0.15) is 0 Å². The van der Waals surface area contributed by atoms with Crippen molar-refractivity contribution in [1.29, 1.82) is 0 Å². The van der Waals surface area contributed by atoms with Crippen molar-refractivity contribution in [2.75, 3.05) is 0 Å². The molecule has 0 N–H and O–H groups in total. The zero-order valence-electron chi connectivity index (χ0n) is 8.25. The van der Waals surface area contributed by atoms with Crippen LogP contribution in [0.4, 0.5) is 4.39 Å². The van der Waals surface area contributed by atoms with Crippen LogP contribution in [0.1, 0.15) is 5.69 Å². The third kappa shape index (κ3) is 2.42. The van der Waals surface area contributed by atoms with E-state index in [-0.39, 0.29) is 5.82 Å². The van der Waals surface area contributed by atoms with E-state index in [2.05, 4.69) is 20.9 Å². The second-order valence-electron chi connectivity index (χ2n) is 3.28. The van der Waals surface area contributed by atoms with Crippen LogP contribution in [0.3, 0.4) is 0 Å². The van der Waals surface area contributed by atoms with Crippen molar-refractivity contribution in [2.24, 2.45) is 0 Å². The van der Waals surface area contributed by atoms with E-state index in [9.17, 15) is 4.39 Å². The van der Waals surface area contributed by atoms with Crippen LogP contribution in [-0.2, 0) is 5.33 Å². The van der Waals surface area contributed by atoms with Crippen molar-refractivity contribution < 1.29 is 4.39 Å². The van der Waals surface area contributed by atoms with Gasteiger partial charge in [-0.25, -0.2) is 9.37 Å². The molecule has 0 spiro atoms. The fourth-order valence-corrected chi connectivity index (χ4v) is 2.01. The normalized spacial score (nSPS) is 10.4. The Kier molecular flexibility index (Phi) is 3.56. The van der Waals surface area contributed by atoms with Gasteiger partial charge in [0.2, 0.25) is 0 Å². The number of hydrogen-bond donors (Lipinski definition) is 0. The third-order valence-electron chi connectivity index (χ3n) is 2.18. The van der Waals surface area contributed by atoms with E-state index in [1.165, 1.54) is 12.1 Å². The van der Waals surface area contributed by atoms with Gasteiger partial charge in [-0.05, 0) is 29.8 Å². The van der Waals surface area contributed by atoms with Gasteiger partial charge < -0.3 is 0 Å². The summed E-state index contributed by atoms with van der Waals surface area (Å²) in [6.07, 6.45) is 0. The fourth-order valence-electron chi connectivity index (χ4n) is 1.42. The molecule has 1 aromatic heterocycles. The maximum Gasteiger partial charge on any atom is 0.137 e. The van der Waals surface area contributed by atoms with Crippen molar-refractivity contribution >= 4 is 27.5 Å². The minimum Gasteiger partial charge on any atom is -0.240 e. The first-order chi connectivity index (χ1) is 7.70. The van der Waals surface area contributed by atoms with Gasteiger partial charge in [-0.1, -0.05) is 39.7 Å². The van der Waals surface area contributed by atoms with Gasteiger partial charge in [0.1, 0.15) is 11.0 Å². The van der Waals surface area contributed by atoms with E-state index in [4.69, 9.17) is 11.6 Å². The summed E-state index contributed by atoms with van der Waals surface area (Å²) in [7, 11) is 0. The van der Waals surface area contributed by atoms with Crippen LogP contribution in [0.25, 0.3) is 11.1 Å². The molecule has 0 aliphatic heterocycles. The van der Waals surface area contributed by atoms with E-state index >= 15 is 0 Å². The van der Waals surface area contributed by atoms with Crippen molar-refractivity contribution in [3.63, 3.8) is 0 Å². The average Bonchev–Trinajstić information content (AvgIpc) is 2.28. The van der Waals surface area contributed by atoms with Gasteiger partial charge in [-0.15, -0.1) is 0 Å². The van der Waals surface area contributed by atoms with Crippen LogP contribution < -0.4 is 0 Å². The molecule has 0 fully saturated rings. The van der Waals surface area contributed by atoms with Gasteiger partial charge in [0, 0.05) is 10.9 Å². The van der Waals surface area contributed by atoms with E-state index in [1.54, 1.807) is 12.1 Å². The highest BCUT2D eigenvalue weighted by molar-refractivity contribution is 9.08. The molecule has 0 atom stereocenters. The molecule has 0 saturated heterocycles. The lowest BCUT2D eigenvalue weighted by Gasteiger charge is -2.05. The Morgan fingerprint density at radius 2 is 2.06 bits per heavy atom. The molecule has 0 aliphatic carbocycles. The maximum absolute atomic E-state index is 13.1. The third-order valence-corrected chi connectivity index (χ3v) is 3.04. The first-order valence-electron chi connectivity index (χ1n) is 4.68. The van der Waals surface area contributed by atoms with Crippen molar-refractivity contribution in [3.8, 4) is 11.1 Å². The first kappa shape index (κ1) is 11.6. The highest BCUT2D eigenvalue weighted by atomic mass is 79.9. The number of hydrogen-bond acceptors (Lipinski definition) is 1. The van der Waals surface area contributed by atoms with Crippen molar-refractivity contribution in [1.82, 2.24) is 4.98 Å². The molecule has 2 rings (SSSR count). The number of pyridine rings is 1. The summed E-state index contributed by atoms with van der Waals surface area (Å²) in [6, 6.07) is 10.0. The van der Waals surface area contributed by atoms with Crippen LogP contribution >= 0.6 is 27.5 Å². The molecule has 0 aliphatic rings. The summed E-state index contributed by atoms with van der Waals surface area (Å²) in [5.74, 6) is -0.280. The summed E-state index contributed by atoms with van der Waals surface area (Å²) in [5.41, 5.74) is 2.33. The predicted molar refractivity (Wildman–Crippen MR) is 67.3 cm³/mol. The standard InChI is InChI=1S/C12H8BrClFN/c13-7-10-4-5-11(12(14)16-10)8-2-1-3-9(15)6-8/h1-6H,7H2. The quantitative estimate of drug-likeness (QED) is 0.590. The molecule has 2 aromatic rings. The molecule has 0 bridgehead atoms. The topological polar surface area (TPSA) is 12.9 Å². The summed E-state index contributed by atoms with van der Waals surface area (Å²) >= 11 is 9.34. The summed E-state index contributed by atoms with van der Waals surface area (Å²) < 4.78 is 13.1. The molecule has 1 nitrogen and oxygen atoms in total. The largest absolute Gasteiger partial charge is 0.240 e. The smallest absolute Gasteiger partial charge is 0.137 e. The van der Waals surface area contributed by atoms with Gasteiger partial charge in [0.15, 0.2) is 0 Å². The van der Waals surface area contributed by atoms with Crippen LogP contribution in [0.15, 0.2) is 36.4 Å². The molecule has 4 heteroatoms. The number of benzene rings is 1. The van der Waals surface area contributed by atoms with E-state index in [1.807, 2.05) is 12.1 Å². The van der Waals surface area contributed by atoms with Crippen LogP contribution in [-0.4, -0.2) is 4.98 Å². The van der Waals surface area contributed by atoms with Crippen LogP contribution in [0.2, 0.25) is 5.15 Å². The molecule has 1 heterocycles. The molecule has 1 aromatic carbocycles. The second kappa shape index (κ2) is 4.93. The highest BCUT2D eigenvalue weighted by Gasteiger charge is 2.06. The minimum absolute atomic E-state index is 0.280. The summed E-state index contributed by atoms with van der Waals surface area (Å²) in [6.45, 7) is 0.